The minimum atomic E-state index is -0.838. The number of Topliss-reactive ketones (excluding diaryl/α,β-unsaturated/α-hetero) is 1. The van der Waals surface area contributed by atoms with Crippen LogP contribution in [0, 0.1) is 5.82 Å². The second-order valence-electron chi connectivity index (χ2n) is 8.48. The summed E-state index contributed by atoms with van der Waals surface area (Å²) in [4.78, 5) is 36.6. The van der Waals surface area contributed by atoms with Crippen LogP contribution >= 0.6 is 0 Å². The van der Waals surface area contributed by atoms with E-state index >= 15 is 0 Å². The van der Waals surface area contributed by atoms with Crippen LogP contribution < -0.4 is 21.5 Å². The largest absolute Gasteiger partial charge is 0.403 e. The van der Waals surface area contributed by atoms with E-state index in [4.69, 9.17) is 11.6 Å². The predicted molar refractivity (Wildman–Crippen MR) is 133 cm³/mol. The normalized spacial score (nSPS) is 16.0. The summed E-state index contributed by atoms with van der Waals surface area (Å²) >= 11 is 0. The van der Waals surface area contributed by atoms with Crippen LogP contribution in [0.1, 0.15) is 17.3 Å². The van der Waals surface area contributed by atoms with E-state index < -0.39 is 17.5 Å². The molecule has 5 N–H and O–H groups in total. The highest BCUT2D eigenvalue weighted by Gasteiger charge is 2.34. The number of ketones is 1. The molecule has 4 heterocycles. The summed E-state index contributed by atoms with van der Waals surface area (Å²) in [5, 5.41) is 13.1. The Hall–Kier alpha value is -4.85. The van der Waals surface area contributed by atoms with Crippen molar-refractivity contribution in [2.45, 2.75) is 13.0 Å². The molecule has 1 aliphatic heterocycles. The van der Waals surface area contributed by atoms with Crippen LogP contribution in [0.4, 0.5) is 16.2 Å². The van der Waals surface area contributed by atoms with Gasteiger partial charge in [-0.15, -0.1) is 0 Å². The molecular formula is C23H24FN11O2. The van der Waals surface area contributed by atoms with Gasteiger partial charge in [0.05, 0.1) is 28.4 Å². The molecule has 13 nitrogen and oxygen atoms in total. The van der Waals surface area contributed by atoms with Crippen molar-refractivity contribution in [3.05, 3.63) is 66.5 Å². The number of hydrazine groups is 1. The van der Waals surface area contributed by atoms with Crippen LogP contribution in [0.2, 0.25) is 0 Å². The van der Waals surface area contributed by atoms with Crippen LogP contribution in [0.15, 0.2) is 55.1 Å². The van der Waals surface area contributed by atoms with Gasteiger partial charge in [0, 0.05) is 44.3 Å². The third kappa shape index (κ3) is 4.23. The van der Waals surface area contributed by atoms with E-state index in [1.165, 1.54) is 23.5 Å². The molecule has 1 aromatic carbocycles. The Morgan fingerprint density at radius 2 is 2.03 bits per heavy atom. The molecule has 0 saturated carbocycles. The van der Waals surface area contributed by atoms with Gasteiger partial charge in [-0.25, -0.2) is 15.2 Å². The van der Waals surface area contributed by atoms with Crippen molar-refractivity contribution in [3.8, 4) is 5.69 Å². The molecule has 0 bridgehead atoms. The zero-order valence-corrected chi connectivity index (χ0v) is 19.8. The Bertz CT molecular complexity index is 1480. The molecule has 1 amide bonds. The Labute approximate surface area is 210 Å². The summed E-state index contributed by atoms with van der Waals surface area (Å²) < 4.78 is 16.4. The highest BCUT2D eigenvalue weighted by atomic mass is 19.1. The van der Waals surface area contributed by atoms with E-state index in [9.17, 15) is 14.0 Å². The van der Waals surface area contributed by atoms with E-state index in [0.717, 1.165) is 16.9 Å². The molecule has 5 rings (SSSR count). The van der Waals surface area contributed by atoms with Crippen LogP contribution in [-0.2, 0) is 4.79 Å². The van der Waals surface area contributed by atoms with Crippen molar-refractivity contribution in [3.63, 3.8) is 0 Å². The number of rotatable bonds is 6. The quantitative estimate of drug-likeness (QED) is 0.147. The highest BCUT2D eigenvalue weighted by Crippen LogP contribution is 2.29. The molecule has 0 aliphatic carbocycles. The lowest BCUT2D eigenvalue weighted by molar-refractivity contribution is -0.127. The highest BCUT2D eigenvalue weighted by molar-refractivity contribution is 6.45. The second kappa shape index (κ2) is 9.66. The number of carbonyl (C=O) groups is 2. The van der Waals surface area contributed by atoms with Crippen LogP contribution in [-0.4, -0.2) is 72.4 Å². The lowest BCUT2D eigenvalue weighted by atomic mass is 10.1. The molecule has 0 spiro atoms. The molecule has 0 unspecified atom stereocenters. The maximum atomic E-state index is 14.7. The van der Waals surface area contributed by atoms with Gasteiger partial charge in [-0.3, -0.25) is 14.6 Å². The van der Waals surface area contributed by atoms with Crippen LogP contribution in [0.5, 0.6) is 0 Å². The van der Waals surface area contributed by atoms with Gasteiger partial charge in [0.25, 0.3) is 17.6 Å². The average Bonchev–Trinajstić information content (AvgIpc) is 3.57. The first-order chi connectivity index (χ1) is 17.9. The van der Waals surface area contributed by atoms with Gasteiger partial charge in [-0.1, -0.05) is 23.3 Å². The number of carbonyl (C=O) groups excluding carboxylic acids is 2. The summed E-state index contributed by atoms with van der Waals surface area (Å²) in [5.74, 6) is 4.23. The Morgan fingerprint density at radius 3 is 2.76 bits per heavy atom. The molecule has 1 aliphatic rings. The fourth-order valence-electron chi connectivity index (χ4n) is 4.43. The third-order valence-corrected chi connectivity index (χ3v) is 6.20. The number of H-pyrrole nitrogens is 1. The fourth-order valence-corrected chi connectivity index (χ4v) is 4.43. The SMILES string of the molecule is C[C@@H]1CN(C(=O)C(=O)c2c[nH]c3c(N(N)/C=C\N)ncc(F)c23)CCN1c1nnnn1-c1ccccc1. The first-order valence-electron chi connectivity index (χ1n) is 11.4. The number of aromatic amines is 1. The zero-order valence-electron chi connectivity index (χ0n) is 19.8. The van der Waals surface area contributed by atoms with Gasteiger partial charge in [0.1, 0.15) is 0 Å². The number of nitrogens with two attached hydrogens (primary N) is 2. The van der Waals surface area contributed by atoms with E-state index in [0.29, 0.717) is 12.5 Å². The lowest BCUT2D eigenvalue weighted by Crippen LogP contribution is -2.55. The number of benzene rings is 1. The number of nitrogens with zero attached hydrogens (tertiary/aromatic N) is 8. The molecule has 4 aromatic rings. The number of hydrogen-bond donors (Lipinski definition) is 3. The first-order valence-corrected chi connectivity index (χ1v) is 11.4. The molecule has 1 atom stereocenters. The van der Waals surface area contributed by atoms with E-state index in [1.807, 2.05) is 42.2 Å². The van der Waals surface area contributed by atoms with E-state index in [-0.39, 0.29) is 41.4 Å². The maximum absolute atomic E-state index is 14.7. The summed E-state index contributed by atoms with van der Waals surface area (Å²) in [6.07, 6.45) is 4.73. The Morgan fingerprint density at radius 1 is 1.24 bits per heavy atom. The van der Waals surface area contributed by atoms with Crippen molar-refractivity contribution in [2.75, 3.05) is 29.5 Å². The van der Waals surface area contributed by atoms with Crippen LogP contribution in [0.3, 0.4) is 0 Å². The number of anilines is 2. The molecule has 1 fully saturated rings. The minimum absolute atomic E-state index is 0.0713. The Kier molecular flexibility index (Phi) is 6.23. The van der Waals surface area contributed by atoms with Gasteiger partial charge in [-0.05, 0) is 29.5 Å². The number of para-hydroxylation sites is 1. The molecule has 37 heavy (non-hydrogen) atoms. The number of halogens is 1. The number of pyridine rings is 1. The molecule has 1 saturated heterocycles. The van der Waals surface area contributed by atoms with Crippen molar-refractivity contribution in [1.82, 2.24) is 35.1 Å². The molecular weight excluding hydrogens is 481 g/mol. The fraction of sp³-hybridized carbons (Fsp3) is 0.217. The molecule has 0 radical (unpaired) electrons. The van der Waals surface area contributed by atoms with Gasteiger partial charge < -0.3 is 20.5 Å². The van der Waals surface area contributed by atoms with Crippen molar-refractivity contribution >= 4 is 34.4 Å². The average molecular weight is 506 g/mol. The van der Waals surface area contributed by atoms with Crippen molar-refractivity contribution in [1.29, 1.82) is 0 Å². The standard InChI is InChI=1S/C23H24FN11O2/c1-14-13-32(9-10-33(14)23-29-30-31-35(23)15-5-3-2-4-6-15)22(37)20(36)16-11-27-19-18(16)17(24)12-28-21(19)34(26)8-7-25/h2-8,11-12,14,27H,9-10,13,25-26H2,1H3/b8-7-/t14-/m1/s1. The molecule has 14 heteroatoms. The van der Waals surface area contributed by atoms with E-state index in [1.54, 1.807) is 4.68 Å². The van der Waals surface area contributed by atoms with Gasteiger partial charge in [0.2, 0.25) is 0 Å². The lowest BCUT2D eigenvalue weighted by Gasteiger charge is -2.39. The number of fused-ring (bicyclic) bond motifs is 1. The minimum Gasteiger partial charge on any atom is -0.403 e. The second-order valence-corrected chi connectivity index (χ2v) is 8.48. The number of piperazine rings is 1. The van der Waals surface area contributed by atoms with Gasteiger partial charge in [0.15, 0.2) is 11.6 Å². The van der Waals surface area contributed by atoms with Gasteiger partial charge in [-0.2, -0.15) is 4.68 Å². The number of tetrazole rings is 1. The smallest absolute Gasteiger partial charge is 0.295 e. The number of aromatic nitrogens is 6. The van der Waals surface area contributed by atoms with Gasteiger partial charge >= 0.3 is 0 Å². The monoisotopic (exact) mass is 505 g/mol. The number of amides is 1. The number of hydrogen-bond acceptors (Lipinski definition) is 10. The molecule has 190 valence electrons. The molecule has 3 aromatic heterocycles. The summed E-state index contributed by atoms with van der Waals surface area (Å²) in [5.41, 5.74) is 6.24. The summed E-state index contributed by atoms with van der Waals surface area (Å²) in [7, 11) is 0. The van der Waals surface area contributed by atoms with Crippen molar-refractivity contribution < 1.29 is 14.0 Å². The summed E-state index contributed by atoms with van der Waals surface area (Å²) in [6, 6.07) is 9.26. The number of nitrogens with one attached hydrogen (secondary N) is 1. The topological polar surface area (TPSA) is 168 Å². The predicted octanol–water partition coefficient (Wildman–Crippen LogP) is 0.708. The summed E-state index contributed by atoms with van der Waals surface area (Å²) in [6.45, 7) is 2.82. The zero-order chi connectivity index (χ0) is 26.1. The van der Waals surface area contributed by atoms with Crippen molar-refractivity contribution in [2.24, 2.45) is 11.6 Å². The van der Waals surface area contributed by atoms with Crippen LogP contribution in [0.25, 0.3) is 16.6 Å². The third-order valence-electron chi connectivity index (χ3n) is 6.20. The first kappa shape index (κ1) is 23.9. The Balaban J connectivity index is 1.36. The maximum Gasteiger partial charge on any atom is 0.295 e. The van der Waals surface area contributed by atoms with E-state index in [2.05, 4.69) is 25.5 Å².